The van der Waals surface area contributed by atoms with Gasteiger partial charge in [0.2, 0.25) is 0 Å². The molecule has 0 spiro atoms. The molecule has 5 nitrogen and oxygen atoms in total. The fourth-order valence-corrected chi connectivity index (χ4v) is 1.02. The van der Waals surface area contributed by atoms with Gasteiger partial charge in [-0.15, -0.1) is 12.4 Å². The third-order valence-electron chi connectivity index (χ3n) is 1.66. The molecule has 0 amide bonds. The number of aromatic nitrogens is 4. The molecule has 0 bridgehead atoms. The third kappa shape index (κ3) is 2.07. The lowest BCUT2D eigenvalue weighted by atomic mass is 10.2. The molecule has 0 atom stereocenters. The van der Waals surface area contributed by atoms with E-state index in [1.807, 2.05) is 12.1 Å². The van der Waals surface area contributed by atoms with Gasteiger partial charge in [0.25, 0.3) is 0 Å². The average Bonchev–Trinajstić information content (AvgIpc) is 2.67. The maximum atomic E-state index is 5.40. The topological polar surface area (TPSA) is 80.5 Å². The fourth-order valence-electron chi connectivity index (χ4n) is 1.02. The zero-order chi connectivity index (χ0) is 9.10. The number of rotatable bonds is 2. The third-order valence-corrected chi connectivity index (χ3v) is 1.66. The average molecular weight is 212 g/mol. The van der Waals surface area contributed by atoms with Crippen LogP contribution in [0.3, 0.4) is 0 Å². The minimum Gasteiger partial charge on any atom is -0.324 e. The first-order chi connectivity index (χ1) is 6.40. The number of hydrogen-bond donors (Lipinski definition) is 2. The monoisotopic (exact) mass is 211 g/mol. The van der Waals surface area contributed by atoms with Crippen LogP contribution in [0.2, 0.25) is 0 Å². The van der Waals surface area contributed by atoms with Crippen molar-refractivity contribution in [2.45, 2.75) is 6.54 Å². The molecule has 2 heterocycles. The van der Waals surface area contributed by atoms with E-state index in [9.17, 15) is 0 Å². The highest BCUT2D eigenvalue weighted by atomic mass is 35.5. The predicted molar refractivity (Wildman–Crippen MR) is 54.8 cm³/mol. The Balaban J connectivity index is 0.000000980. The number of nitrogens with zero attached hydrogens (tertiary/aromatic N) is 3. The first kappa shape index (κ1) is 10.6. The lowest BCUT2D eigenvalue weighted by Gasteiger charge is -1.90. The number of halogens is 1. The van der Waals surface area contributed by atoms with Crippen molar-refractivity contribution in [2.24, 2.45) is 5.73 Å². The summed E-state index contributed by atoms with van der Waals surface area (Å²) in [5.41, 5.74) is 6.33. The Morgan fingerprint density at radius 1 is 1.29 bits per heavy atom. The van der Waals surface area contributed by atoms with E-state index in [0.717, 1.165) is 5.56 Å². The molecular formula is C8H10ClN5. The molecule has 0 radical (unpaired) electrons. The normalized spacial score (nSPS) is 9.50. The van der Waals surface area contributed by atoms with Crippen molar-refractivity contribution >= 4 is 12.4 Å². The van der Waals surface area contributed by atoms with E-state index in [1.165, 1.54) is 0 Å². The molecule has 0 aliphatic carbocycles. The number of aromatic amines is 1. The maximum absolute atomic E-state index is 5.40. The molecule has 2 aromatic heterocycles. The molecule has 6 heteroatoms. The van der Waals surface area contributed by atoms with E-state index in [1.54, 1.807) is 12.4 Å². The molecule has 14 heavy (non-hydrogen) atoms. The van der Waals surface area contributed by atoms with Gasteiger partial charge in [0.15, 0.2) is 5.82 Å². The summed E-state index contributed by atoms with van der Waals surface area (Å²) in [7, 11) is 0. The first-order valence-corrected chi connectivity index (χ1v) is 3.92. The van der Waals surface area contributed by atoms with Crippen molar-refractivity contribution in [3.05, 3.63) is 30.4 Å². The van der Waals surface area contributed by atoms with Crippen LogP contribution in [-0.4, -0.2) is 20.2 Å². The van der Waals surface area contributed by atoms with Gasteiger partial charge < -0.3 is 5.73 Å². The second-order valence-corrected chi connectivity index (χ2v) is 2.55. The Morgan fingerprint density at radius 3 is 2.57 bits per heavy atom. The van der Waals surface area contributed by atoms with Crippen molar-refractivity contribution in [1.82, 2.24) is 20.2 Å². The van der Waals surface area contributed by atoms with E-state index in [4.69, 9.17) is 5.73 Å². The Hall–Kier alpha value is -1.46. The summed E-state index contributed by atoms with van der Waals surface area (Å²) in [6.07, 6.45) is 3.40. The van der Waals surface area contributed by atoms with Gasteiger partial charge >= 0.3 is 0 Å². The minimum atomic E-state index is 0. The number of nitrogens with two attached hydrogens (primary N) is 1. The molecule has 2 aromatic rings. The van der Waals surface area contributed by atoms with Crippen molar-refractivity contribution < 1.29 is 0 Å². The van der Waals surface area contributed by atoms with Crippen LogP contribution in [0, 0.1) is 0 Å². The van der Waals surface area contributed by atoms with Crippen molar-refractivity contribution in [3.63, 3.8) is 0 Å². The van der Waals surface area contributed by atoms with Gasteiger partial charge in [0.1, 0.15) is 5.82 Å². The van der Waals surface area contributed by atoms with E-state index in [2.05, 4.69) is 20.2 Å². The number of hydrogen-bond acceptors (Lipinski definition) is 4. The first-order valence-electron chi connectivity index (χ1n) is 3.92. The molecule has 0 fully saturated rings. The Kier molecular flexibility index (Phi) is 3.55. The number of nitrogens with one attached hydrogen (secondary N) is 1. The van der Waals surface area contributed by atoms with Gasteiger partial charge in [-0.2, -0.15) is 5.10 Å². The number of pyridine rings is 1. The Morgan fingerprint density at radius 2 is 2.00 bits per heavy atom. The molecule has 0 saturated heterocycles. The molecule has 0 aliphatic rings. The summed E-state index contributed by atoms with van der Waals surface area (Å²) < 4.78 is 0. The van der Waals surface area contributed by atoms with Gasteiger partial charge in [0.05, 0.1) is 6.54 Å². The Labute approximate surface area is 87.2 Å². The van der Waals surface area contributed by atoms with Gasteiger partial charge in [-0.1, -0.05) is 0 Å². The lowest BCUT2D eigenvalue weighted by molar-refractivity contribution is 0.917. The van der Waals surface area contributed by atoms with E-state index < -0.39 is 0 Å². The highest BCUT2D eigenvalue weighted by molar-refractivity contribution is 5.85. The van der Waals surface area contributed by atoms with E-state index in [0.29, 0.717) is 18.2 Å². The second-order valence-electron chi connectivity index (χ2n) is 2.55. The summed E-state index contributed by atoms with van der Waals surface area (Å²) in [5, 5.41) is 6.76. The SMILES string of the molecule is Cl.NCc1nc(-c2ccncc2)n[nH]1. The van der Waals surface area contributed by atoms with Crippen LogP contribution in [-0.2, 0) is 6.54 Å². The van der Waals surface area contributed by atoms with Crippen LogP contribution in [0.15, 0.2) is 24.5 Å². The minimum absolute atomic E-state index is 0. The zero-order valence-electron chi connectivity index (χ0n) is 7.34. The van der Waals surface area contributed by atoms with E-state index in [-0.39, 0.29) is 12.4 Å². The van der Waals surface area contributed by atoms with Crippen LogP contribution in [0.25, 0.3) is 11.4 Å². The maximum Gasteiger partial charge on any atom is 0.181 e. The summed E-state index contributed by atoms with van der Waals surface area (Å²) in [6, 6.07) is 3.70. The summed E-state index contributed by atoms with van der Waals surface area (Å²) in [5.74, 6) is 1.34. The van der Waals surface area contributed by atoms with Crippen LogP contribution >= 0.6 is 12.4 Å². The highest BCUT2D eigenvalue weighted by Crippen LogP contribution is 2.11. The molecule has 2 rings (SSSR count). The van der Waals surface area contributed by atoms with Gasteiger partial charge in [-0.05, 0) is 12.1 Å². The molecule has 3 N–H and O–H groups in total. The molecule has 0 aromatic carbocycles. The smallest absolute Gasteiger partial charge is 0.181 e. The van der Waals surface area contributed by atoms with Crippen LogP contribution in [0.4, 0.5) is 0 Å². The highest BCUT2D eigenvalue weighted by Gasteiger charge is 2.02. The standard InChI is InChI=1S/C8H9N5.ClH/c9-5-7-11-8(13-12-7)6-1-3-10-4-2-6;/h1-4H,5,9H2,(H,11,12,13);1H. The quantitative estimate of drug-likeness (QED) is 0.768. The molecule has 0 aliphatic heterocycles. The molecule has 74 valence electrons. The van der Waals surface area contributed by atoms with E-state index >= 15 is 0 Å². The van der Waals surface area contributed by atoms with Gasteiger partial charge in [0, 0.05) is 18.0 Å². The molecule has 0 unspecified atom stereocenters. The van der Waals surface area contributed by atoms with Crippen LogP contribution in [0.1, 0.15) is 5.82 Å². The molecular weight excluding hydrogens is 202 g/mol. The van der Waals surface area contributed by atoms with Crippen LogP contribution < -0.4 is 5.73 Å². The van der Waals surface area contributed by atoms with Crippen molar-refractivity contribution in [3.8, 4) is 11.4 Å². The van der Waals surface area contributed by atoms with Crippen molar-refractivity contribution in [1.29, 1.82) is 0 Å². The second kappa shape index (κ2) is 4.69. The van der Waals surface area contributed by atoms with Crippen molar-refractivity contribution in [2.75, 3.05) is 0 Å². The summed E-state index contributed by atoms with van der Waals surface area (Å²) >= 11 is 0. The predicted octanol–water partition coefficient (Wildman–Crippen LogP) is 0.747. The van der Waals surface area contributed by atoms with Crippen LogP contribution in [0.5, 0.6) is 0 Å². The fraction of sp³-hybridized carbons (Fsp3) is 0.125. The zero-order valence-corrected chi connectivity index (χ0v) is 8.16. The van der Waals surface area contributed by atoms with Gasteiger partial charge in [-0.25, -0.2) is 4.98 Å². The largest absolute Gasteiger partial charge is 0.324 e. The molecule has 0 saturated carbocycles. The Bertz CT molecular complexity index is 386. The lowest BCUT2D eigenvalue weighted by Crippen LogP contribution is -1.97. The van der Waals surface area contributed by atoms with Gasteiger partial charge in [-0.3, -0.25) is 10.1 Å². The summed E-state index contributed by atoms with van der Waals surface area (Å²) in [6.45, 7) is 0.373. The number of H-pyrrole nitrogens is 1. The summed E-state index contributed by atoms with van der Waals surface area (Å²) in [4.78, 5) is 8.09.